The maximum atomic E-state index is 12.5. The molecule has 0 saturated carbocycles. The molecule has 2 N–H and O–H groups in total. The van der Waals surface area contributed by atoms with E-state index in [1.54, 1.807) is 25.3 Å². The molecule has 0 aliphatic carbocycles. The molecule has 0 spiro atoms. The Kier molecular flexibility index (Phi) is 6.06. The van der Waals surface area contributed by atoms with E-state index in [1.807, 2.05) is 12.1 Å². The molecule has 0 aliphatic heterocycles. The highest BCUT2D eigenvalue weighted by atomic mass is 16.5. The number of nitrogens with zero attached hydrogens (tertiary/aromatic N) is 2. The van der Waals surface area contributed by atoms with E-state index >= 15 is 0 Å². The molecule has 0 atom stereocenters. The number of methoxy groups -OCH3 is 2. The third kappa shape index (κ3) is 4.56. The minimum Gasteiger partial charge on any atom is -0.497 e. The highest BCUT2D eigenvalue weighted by molar-refractivity contribution is 6.03. The zero-order chi connectivity index (χ0) is 19.9. The Balaban J connectivity index is 1.66. The topological polar surface area (TPSA) is 85.4 Å². The van der Waals surface area contributed by atoms with Gasteiger partial charge in [-0.25, -0.2) is 9.97 Å². The number of hydrogen-bond donors (Lipinski definition) is 2. The lowest BCUT2D eigenvalue weighted by Crippen LogP contribution is -2.15. The third-order valence-corrected chi connectivity index (χ3v) is 4.26. The van der Waals surface area contributed by atoms with Gasteiger partial charge >= 0.3 is 0 Å². The number of nitrogens with one attached hydrogen (secondary N) is 2. The molecule has 0 unspecified atom stereocenters. The summed E-state index contributed by atoms with van der Waals surface area (Å²) >= 11 is 0. The first-order valence-electron chi connectivity index (χ1n) is 8.74. The fraction of sp³-hybridized carbons (Fsp3) is 0.190. The monoisotopic (exact) mass is 378 g/mol. The molecule has 28 heavy (non-hydrogen) atoms. The molecule has 3 rings (SSSR count). The van der Waals surface area contributed by atoms with Crippen LogP contribution in [0.4, 0.5) is 11.5 Å². The van der Waals surface area contributed by atoms with E-state index in [1.165, 1.54) is 30.6 Å². The summed E-state index contributed by atoms with van der Waals surface area (Å²) in [7, 11) is 3.09. The van der Waals surface area contributed by atoms with E-state index in [9.17, 15) is 4.79 Å². The lowest BCUT2D eigenvalue weighted by atomic mass is 10.1. The number of carbonyl (C=O) groups excluding carboxylic acids is 1. The Hall–Kier alpha value is -3.61. The smallest absolute Gasteiger partial charge is 0.275 e. The van der Waals surface area contributed by atoms with Crippen LogP contribution in [-0.2, 0) is 6.54 Å². The van der Waals surface area contributed by atoms with E-state index < -0.39 is 0 Å². The molecule has 1 aromatic heterocycles. The fourth-order valence-electron chi connectivity index (χ4n) is 2.63. The van der Waals surface area contributed by atoms with Crippen LogP contribution in [0.15, 0.2) is 54.9 Å². The van der Waals surface area contributed by atoms with Gasteiger partial charge in [-0.2, -0.15) is 0 Å². The van der Waals surface area contributed by atoms with Crippen LogP contribution < -0.4 is 20.1 Å². The Labute approximate surface area is 163 Å². The van der Waals surface area contributed by atoms with Gasteiger partial charge in [0.1, 0.15) is 23.0 Å². The number of carbonyl (C=O) groups is 1. The van der Waals surface area contributed by atoms with Gasteiger partial charge in [0.2, 0.25) is 0 Å². The maximum Gasteiger partial charge on any atom is 0.275 e. The summed E-state index contributed by atoms with van der Waals surface area (Å²) in [5.41, 5.74) is 3.07. The normalized spacial score (nSPS) is 10.2. The van der Waals surface area contributed by atoms with Crippen LogP contribution >= 0.6 is 0 Å². The first kappa shape index (κ1) is 19.2. The second kappa shape index (κ2) is 8.85. The van der Waals surface area contributed by atoms with Crippen molar-refractivity contribution in [2.75, 3.05) is 24.9 Å². The zero-order valence-electron chi connectivity index (χ0n) is 16.0. The minimum absolute atomic E-state index is 0.200. The average molecular weight is 378 g/mol. The Morgan fingerprint density at radius 3 is 2.54 bits per heavy atom. The molecule has 0 saturated heterocycles. The molecule has 0 fully saturated rings. The van der Waals surface area contributed by atoms with Crippen molar-refractivity contribution in [2.24, 2.45) is 0 Å². The summed E-state index contributed by atoms with van der Waals surface area (Å²) < 4.78 is 10.5. The predicted molar refractivity (Wildman–Crippen MR) is 108 cm³/mol. The first-order chi connectivity index (χ1) is 13.6. The van der Waals surface area contributed by atoms with Crippen LogP contribution in [0, 0.1) is 6.92 Å². The Morgan fingerprint density at radius 1 is 1.04 bits per heavy atom. The van der Waals surface area contributed by atoms with Crippen molar-refractivity contribution < 1.29 is 14.3 Å². The van der Waals surface area contributed by atoms with Crippen molar-refractivity contribution in [2.45, 2.75) is 13.5 Å². The van der Waals surface area contributed by atoms with Crippen molar-refractivity contribution in [3.8, 4) is 11.5 Å². The van der Waals surface area contributed by atoms with Crippen LogP contribution in [0.5, 0.6) is 11.5 Å². The van der Waals surface area contributed by atoms with Crippen LogP contribution in [0.25, 0.3) is 0 Å². The van der Waals surface area contributed by atoms with Crippen LogP contribution in [0.1, 0.15) is 21.6 Å². The number of amides is 1. The molecular weight excluding hydrogens is 356 g/mol. The predicted octanol–water partition coefficient (Wildman–Crippen LogP) is 3.67. The molecule has 1 amide bonds. The van der Waals surface area contributed by atoms with E-state index in [0.717, 1.165) is 0 Å². The number of aryl methyl sites for hydroxylation is 1. The summed E-state index contributed by atoms with van der Waals surface area (Å²) in [6.45, 7) is 2.69. The molecule has 0 aliphatic rings. The van der Waals surface area contributed by atoms with Gasteiger partial charge in [0.05, 0.1) is 32.3 Å². The summed E-state index contributed by atoms with van der Waals surface area (Å²) in [6.07, 6.45) is 2.97. The van der Waals surface area contributed by atoms with Crippen molar-refractivity contribution in [3.05, 3.63) is 71.7 Å². The average Bonchev–Trinajstić information content (AvgIpc) is 2.73. The van der Waals surface area contributed by atoms with Gasteiger partial charge in [-0.1, -0.05) is 24.3 Å². The maximum absolute atomic E-state index is 12.5. The van der Waals surface area contributed by atoms with E-state index in [2.05, 4.69) is 39.7 Å². The highest BCUT2D eigenvalue weighted by Crippen LogP contribution is 2.29. The zero-order valence-corrected chi connectivity index (χ0v) is 16.0. The van der Waals surface area contributed by atoms with Crippen molar-refractivity contribution in [1.82, 2.24) is 9.97 Å². The quantitative estimate of drug-likeness (QED) is 0.653. The van der Waals surface area contributed by atoms with E-state index in [-0.39, 0.29) is 11.6 Å². The lowest BCUT2D eigenvalue weighted by Gasteiger charge is -2.12. The van der Waals surface area contributed by atoms with Gasteiger partial charge in [0.25, 0.3) is 5.91 Å². The largest absolute Gasteiger partial charge is 0.497 e. The number of ether oxygens (including phenoxy) is 2. The molecule has 7 heteroatoms. The summed E-state index contributed by atoms with van der Waals surface area (Å²) in [4.78, 5) is 21.0. The molecule has 2 aromatic carbocycles. The molecule has 3 aromatic rings. The number of hydrogen-bond acceptors (Lipinski definition) is 6. The second-order valence-corrected chi connectivity index (χ2v) is 6.09. The Morgan fingerprint density at radius 2 is 1.86 bits per heavy atom. The molecule has 144 valence electrons. The standard InChI is InChI=1S/C21H22N4O3/c1-14-6-4-5-7-15(14)11-23-20-13-22-18(12-24-20)21(26)25-17-10-16(27-2)8-9-19(17)28-3/h4-10,12-13H,11H2,1-3H3,(H,23,24)(H,25,26). The number of benzene rings is 2. The fourth-order valence-corrected chi connectivity index (χ4v) is 2.63. The van der Waals surface area contributed by atoms with Crippen LogP contribution in [0.2, 0.25) is 0 Å². The molecule has 7 nitrogen and oxygen atoms in total. The number of aromatic nitrogens is 2. The summed E-state index contributed by atoms with van der Waals surface area (Å²) in [5, 5.41) is 5.98. The third-order valence-electron chi connectivity index (χ3n) is 4.26. The second-order valence-electron chi connectivity index (χ2n) is 6.09. The minimum atomic E-state index is -0.385. The first-order valence-corrected chi connectivity index (χ1v) is 8.74. The van der Waals surface area contributed by atoms with Crippen molar-refractivity contribution in [1.29, 1.82) is 0 Å². The summed E-state index contributed by atoms with van der Waals surface area (Å²) in [5.74, 6) is 1.35. The van der Waals surface area contributed by atoms with Gasteiger partial charge < -0.3 is 20.1 Å². The Bertz CT molecular complexity index is 958. The molecule has 0 bridgehead atoms. The van der Waals surface area contributed by atoms with E-state index in [4.69, 9.17) is 9.47 Å². The lowest BCUT2D eigenvalue weighted by molar-refractivity contribution is 0.102. The SMILES string of the molecule is COc1ccc(OC)c(NC(=O)c2cnc(NCc3ccccc3C)cn2)c1. The highest BCUT2D eigenvalue weighted by Gasteiger charge is 2.13. The van der Waals surface area contributed by atoms with Crippen LogP contribution in [-0.4, -0.2) is 30.1 Å². The van der Waals surface area contributed by atoms with Crippen molar-refractivity contribution >= 4 is 17.4 Å². The number of anilines is 2. The number of rotatable bonds is 7. The van der Waals surface area contributed by atoms with Gasteiger partial charge in [-0.3, -0.25) is 4.79 Å². The molecular formula is C21H22N4O3. The van der Waals surface area contributed by atoms with Gasteiger partial charge in [0.15, 0.2) is 0 Å². The molecule has 0 radical (unpaired) electrons. The van der Waals surface area contributed by atoms with Gasteiger partial charge in [-0.05, 0) is 30.2 Å². The van der Waals surface area contributed by atoms with Gasteiger partial charge in [0, 0.05) is 12.6 Å². The molecule has 1 heterocycles. The van der Waals surface area contributed by atoms with E-state index in [0.29, 0.717) is 29.5 Å². The summed E-state index contributed by atoms with van der Waals surface area (Å²) in [6, 6.07) is 13.3. The van der Waals surface area contributed by atoms with Gasteiger partial charge in [-0.15, -0.1) is 0 Å². The van der Waals surface area contributed by atoms with Crippen molar-refractivity contribution in [3.63, 3.8) is 0 Å². The van der Waals surface area contributed by atoms with Crippen LogP contribution in [0.3, 0.4) is 0 Å².